The highest BCUT2D eigenvalue weighted by atomic mass is 16.3. The number of benzene rings is 1. The topological polar surface area (TPSA) is 35.5 Å². The van der Waals surface area contributed by atoms with Crippen molar-refractivity contribution >= 4 is 0 Å². The SMILES string of the molecule is CCCN(Cc1cc(C)c(O)c(C)c1)C1CCNC1. The molecule has 1 aromatic rings. The van der Waals surface area contributed by atoms with Gasteiger partial charge < -0.3 is 10.4 Å². The van der Waals surface area contributed by atoms with Crippen molar-refractivity contribution < 1.29 is 5.11 Å². The summed E-state index contributed by atoms with van der Waals surface area (Å²) in [5.41, 5.74) is 3.28. The number of aromatic hydroxyl groups is 1. The molecule has 0 spiro atoms. The first-order chi connectivity index (χ1) is 9.11. The van der Waals surface area contributed by atoms with Crippen LogP contribution in [0.1, 0.15) is 36.5 Å². The average Bonchev–Trinajstić information content (AvgIpc) is 2.89. The van der Waals surface area contributed by atoms with Gasteiger partial charge in [0.15, 0.2) is 0 Å². The van der Waals surface area contributed by atoms with Crippen molar-refractivity contribution in [3.63, 3.8) is 0 Å². The fourth-order valence-electron chi connectivity index (χ4n) is 3.00. The maximum absolute atomic E-state index is 9.86. The van der Waals surface area contributed by atoms with E-state index in [0.29, 0.717) is 11.8 Å². The minimum atomic E-state index is 0.438. The minimum absolute atomic E-state index is 0.438. The zero-order valence-electron chi connectivity index (χ0n) is 12.4. The van der Waals surface area contributed by atoms with Crippen molar-refractivity contribution in [3.05, 3.63) is 28.8 Å². The highest BCUT2D eigenvalue weighted by Gasteiger charge is 2.21. The van der Waals surface area contributed by atoms with Gasteiger partial charge in [0.2, 0.25) is 0 Å². The monoisotopic (exact) mass is 262 g/mol. The van der Waals surface area contributed by atoms with Gasteiger partial charge in [-0.1, -0.05) is 19.1 Å². The molecule has 0 aromatic heterocycles. The summed E-state index contributed by atoms with van der Waals surface area (Å²) in [6.45, 7) is 10.6. The van der Waals surface area contributed by atoms with E-state index < -0.39 is 0 Å². The third kappa shape index (κ3) is 3.48. The second kappa shape index (κ2) is 6.40. The molecule has 0 amide bonds. The standard InChI is InChI=1S/C16H26N2O/c1-4-7-18(15-5-6-17-10-15)11-14-8-12(2)16(19)13(3)9-14/h8-9,15,17,19H,4-7,10-11H2,1-3H3. The maximum atomic E-state index is 9.86. The van der Waals surface area contributed by atoms with Gasteiger partial charge in [0.05, 0.1) is 0 Å². The molecule has 1 heterocycles. The first-order valence-electron chi connectivity index (χ1n) is 7.35. The van der Waals surface area contributed by atoms with E-state index in [4.69, 9.17) is 0 Å². The lowest BCUT2D eigenvalue weighted by molar-refractivity contribution is 0.199. The molecule has 1 aliphatic heterocycles. The molecule has 2 rings (SSSR count). The molecule has 1 atom stereocenters. The molecule has 0 saturated carbocycles. The Morgan fingerprint density at radius 1 is 1.32 bits per heavy atom. The third-order valence-electron chi connectivity index (χ3n) is 4.00. The molecular formula is C16H26N2O. The molecule has 3 nitrogen and oxygen atoms in total. The molecule has 0 radical (unpaired) electrons. The summed E-state index contributed by atoms with van der Waals surface area (Å²) in [4.78, 5) is 2.57. The van der Waals surface area contributed by atoms with Crippen LogP contribution in [0.5, 0.6) is 5.75 Å². The predicted molar refractivity (Wildman–Crippen MR) is 79.6 cm³/mol. The number of aryl methyl sites for hydroxylation is 2. The van der Waals surface area contributed by atoms with Gasteiger partial charge in [-0.15, -0.1) is 0 Å². The first kappa shape index (κ1) is 14.4. The zero-order valence-corrected chi connectivity index (χ0v) is 12.4. The van der Waals surface area contributed by atoms with Crippen molar-refractivity contribution in [2.45, 2.75) is 46.2 Å². The van der Waals surface area contributed by atoms with Crippen LogP contribution in [0.25, 0.3) is 0 Å². The van der Waals surface area contributed by atoms with Crippen LogP contribution < -0.4 is 5.32 Å². The van der Waals surface area contributed by atoms with Crippen LogP contribution in [0, 0.1) is 13.8 Å². The quantitative estimate of drug-likeness (QED) is 0.856. The highest BCUT2D eigenvalue weighted by Crippen LogP contribution is 2.24. The summed E-state index contributed by atoms with van der Waals surface area (Å²) in [6, 6.07) is 4.90. The van der Waals surface area contributed by atoms with Crippen molar-refractivity contribution in [2.24, 2.45) is 0 Å². The second-order valence-electron chi connectivity index (χ2n) is 5.70. The van der Waals surface area contributed by atoms with E-state index >= 15 is 0 Å². The first-order valence-corrected chi connectivity index (χ1v) is 7.35. The summed E-state index contributed by atoms with van der Waals surface area (Å²) in [5, 5.41) is 13.3. The van der Waals surface area contributed by atoms with Crippen LogP contribution in [-0.4, -0.2) is 35.7 Å². The number of rotatable bonds is 5. The number of phenolic OH excluding ortho intramolecular Hbond substituents is 1. The summed E-state index contributed by atoms with van der Waals surface area (Å²) >= 11 is 0. The molecule has 0 bridgehead atoms. The predicted octanol–water partition coefficient (Wildman–Crippen LogP) is 2.58. The molecule has 106 valence electrons. The average molecular weight is 262 g/mol. The van der Waals surface area contributed by atoms with Crippen LogP contribution in [0.4, 0.5) is 0 Å². The Kier molecular flexibility index (Phi) is 4.83. The second-order valence-corrected chi connectivity index (χ2v) is 5.70. The molecule has 2 N–H and O–H groups in total. The Labute approximate surface area is 116 Å². The van der Waals surface area contributed by atoms with E-state index in [0.717, 1.165) is 37.3 Å². The fourth-order valence-corrected chi connectivity index (χ4v) is 3.00. The lowest BCUT2D eigenvalue weighted by Crippen LogP contribution is -2.36. The Balaban J connectivity index is 2.12. The van der Waals surface area contributed by atoms with E-state index in [1.807, 2.05) is 13.8 Å². The van der Waals surface area contributed by atoms with Gasteiger partial charge in [0, 0.05) is 19.1 Å². The molecule has 1 saturated heterocycles. The van der Waals surface area contributed by atoms with Crippen molar-refractivity contribution in [1.82, 2.24) is 10.2 Å². The van der Waals surface area contributed by atoms with Gasteiger partial charge in [-0.25, -0.2) is 0 Å². The van der Waals surface area contributed by atoms with Crippen molar-refractivity contribution in [2.75, 3.05) is 19.6 Å². The molecule has 0 aliphatic carbocycles. The van der Waals surface area contributed by atoms with Gasteiger partial charge in [-0.2, -0.15) is 0 Å². The Morgan fingerprint density at radius 2 is 2.00 bits per heavy atom. The molecule has 1 aliphatic rings. The summed E-state index contributed by atoms with van der Waals surface area (Å²) in [7, 11) is 0. The molecule has 1 aromatic carbocycles. The van der Waals surface area contributed by atoms with Crippen LogP contribution in [0.2, 0.25) is 0 Å². The van der Waals surface area contributed by atoms with E-state index in [2.05, 4.69) is 29.3 Å². The normalized spacial score (nSPS) is 19.3. The molecule has 1 unspecified atom stereocenters. The minimum Gasteiger partial charge on any atom is -0.507 e. The van der Waals surface area contributed by atoms with Gasteiger partial charge in [0.25, 0.3) is 0 Å². The molecule has 3 heteroatoms. The summed E-state index contributed by atoms with van der Waals surface area (Å²) < 4.78 is 0. The molecule has 19 heavy (non-hydrogen) atoms. The lowest BCUT2D eigenvalue weighted by Gasteiger charge is -2.28. The van der Waals surface area contributed by atoms with E-state index in [1.165, 1.54) is 18.4 Å². The summed E-state index contributed by atoms with van der Waals surface area (Å²) in [5.74, 6) is 0.438. The molecular weight excluding hydrogens is 236 g/mol. The number of hydrogen-bond acceptors (Lipinski definition) is 3. The van der Waals surface area contributed by atoms with Crippen LogP contribution in [-0.2, 0) is 6.54 Å². The number of phenols is 1. The van der Waals surface area contributed by atoms with E-state index in [-0.39, 0.29) is 0 Å². The van der Waals surface area contributed by atoms with E-state index in [9.17, 15) is 5.11 Å². The van der Waals surface area contributed by atoms with Gasteiger partial charge >= 0.3 is 0 Å². The lowest BCUT2D eigenvalue weighted by atomic mass is 10.0. The maximum Gasteiger partial charge on any atom is 0.121 e. The number of nitrogens with zero attached hydrogens (tertiary/aromatic N) is 1. The van der Waals surface area contributed by atoms with Crippen LogP contribution in [0.3, 0.4) is 0 Å². The summed E-state index contributed by atoms with van der Waals surface area (Å²) in [6.07, 6.45) is 2.43. The van der Waals surface area contributed by atoms with Crippen LogP contribution >= 0.6 is 0 Å². The number of hydrogen-bond donors (Lipinski definition) is 2. The Hall–Kier alpha value is -1.06. The Bertz CT molecular complexity index is 402. The van der Waals surface area contributed by atoms with Crippen molar-refractivity contribution in [3.8, 4) is 5.75 Å². The van der Waals surface area contributed by atoms with E-state index in [1.54, 1.807) is 0 Å². The smallest absolute Gasteiger partial charge is 0.121 e. The van der Waals surface area contributed by atoms with Gasteiger partial charge in [-0.05, 0) is 56.5 Å². The van der Waals surface area contributed by atoms with Gasteiger partial charge in [-0.3, -0.25) is 4.90 Å². The third-order valence-corrected chi connectivity index (χ3v) is 4.00. The number of nitrogens with one attached hydrogen (secondary N) is 1. The Morgan fingerprint density at radius 3 is 2.53 bits per heavy atom. The van der Waals surface area contributed by atoms with Crippen LogP contribution in [0.15, 0.2) is 12.1 Å². The van der Waals surface area contributed by atoms with Gasteiger partial charge in [0.1, 0.15) is 5.75 Å². The fraction of sp³-hybridized carbons (Fsp3) is 0.625. The largest absolute Gasteiger partial charge is 0.507 e. The van der Waals surface area contributed by atoms with Crippen molar-refractivity contribution in [1.29, 1.82) is 0 Å². The zero-order chi connectivity index (χ0) is 13.8. The highest BCUT2D eigenvalue weighted by molar-refractivity contribution is 5.42. The molecule has 1 fully saturated rings.